The number of alkyl halides is 1. The van der Waals surface area contributed by atoms with Crippen LogP contribution in [-0.2, 0) is 12.8 Å². The number of rotatable bonds is 6. The second-order valence-corrected chi connectivity index (χ2v) is 8.67. The molecule has 0 bridgehead atoms. The van der Waals surface area contributed by atoms with Crippen LogP contribution in [0.5, 0.6) is 0 Å². The average molecular weight is 449 g/mol. The highest BCUT2D eigenvalue weighted by Crippen LogP contribution is 2.45. The molecule has 2 heterocycles. The predicted molar refractivity (Wildman–Crippen MR) is 133 cm³/mol. The van der Waals surface area contributed by atoms with Gasteiger partial charge in [-0.1, -0.05) is 45.4 Å². The molecule has 0 saturated carbocycles. The second kappa shape index (κ2) is 12.1. The van der Waals surface area contributed by atoms with E-state index in [2.05, 4.69) is 43.9 Å². The lowest BCUT2D eigenvalue weighted by Crippen LogP contribution is -2.56. The van der Waals surface area contributed by atoms with Gasteiger partial charge in [-0.3, -0.25) is 4.90 Å². The van der Waals surface area contributed by atoms with Crippen molar-refractivity contribution in [3.8, 4) is 0 Å². The van der Waals surface area contributed by atoms with Gasteiger partial charge in [0.05, 0.1) is 5.60 Å². The molecule has 164 valence electrons. The molecule has 1 aromatic rings. The van der Waals surface area contributed by atoms with Crippen molar-refractivity contribution < 1.29 is 9.50 Å². The van der Waals surface area contributed by atoms with Crippen LogP contribution in [0, 0.1) is 11.8 Å². The summed E-state index contributed by atoms with van der Waals surface area (Å²) in [5, 5.41) is 11.1. The van der Waals surface area contributed by atoms with Gasteiger partial charge < -0.3 is 5.11 Å². The number of halogens is 1. The molecule has 2 aliphatic heterocycles. The molecule has 2 aliphatic rings. The maximum atomic E-state index is 13.9. The zero-order chi connectivity index (χ0) is 18.0. The number of aliphatic hydroxyl groups is 1. The van der Waals surface area contributed by atoms with Gasteiger partial charge in [0.2, 0.25) is 0 Å². The molecule has 1 N–H and O–H groups in total. The zero-order valence-electron chi connectivity index (χ0n) is 17.6. The van der Waals surface area contributed by atoms with Crippen molar-refractivity contribution in [2.24, 2.45) is 11.8 Å². The van der Waals surface area contributed by atoms with Crippen molar-refractivity contribution in [1.29, 1.82) is 0 Å². The molecule has 3 atom stereocenters. The van der Waals surface area contributed by atoms with Gasteiger partial charge in [0.1, 0.15) is 6.67 Å². The van der Waals surface area contributed by atoms with Crippen LogP contribution in [0.4, 0.5) is 4.39 Å². The smallest absolute Gasteiger partial charge is 0.118 e. The van der Waals surface area contributed by atoms with Gasteiger partial charge in [-0.2, -0.15) is 40.5 Å². The van der Waals surface area contributed by atoms with E-state index >= 15 is 0 Å². The number of unbranched alkanes of at least 4 members (excludes halogenated alkanes) is 1. The molecular formula is C22H40FNOS3. The summed E-state index contributed by atoms with van der Waals surface area (Å²) in [6.45, 7) is 7.77. The third kappa shape index (κ3) is 6.07. The van der Waals surface area contributed by atoms with Crippen molar-refractivity contribution in [3.63, 3.8) is 0 Å². The molecule has 0 unspecified atom stereocenters. The molecule has 3 rings (SSSR count). The Hall–Kier alpha value is 0.120. The Kier molecular flexibility index (Phi) is 12.1. The van der Waals surface area contributed by atoms with Gasteiger partial charge in [-0.25, -0.2) is 4.39 Å². The molecule has 28 heavy (non-hydrogen) atoms. The van der Waals surface area contributed by atoms with Crippen molar-refractivity contribution in [2.45, 2.75) is 70.9 Å². The van der Waals surface area contributed by atoms with Crippen LogP contribution in [0.15, 0.2) is 18.2 Å². The lowest BCUT2D eigenvalue weighted by molar-refractivity contribution is -0.114. The summed E-state index contributed by atoms with van der Waals surface area (Å²) in [6.07, 6.45) is 6.02. The minimum Gasteiger partial charge on any atom is -0.387 e. The van der Waals surface area contributed by atoms with Gasteiger partial charge in [-0.15, -0.1) is 0 Å². The number of benzene rings is 1. The van der Waals surface area contributed by atoms with E-state index in [9.17, 15) is 9.50 Å². The third-order valence-electron chi connectivity index (χ3n) is 6.25. The lowest BCUT2D eigenvalue weighted by Gasteiger charge is -2.51. The molecule has 0 amide bonds. The molecule has 1 saturated heterocycles. The number of hydrogen-bond donors (Lipinski definition) is 1. The van der Waals surface area contributed by atoms with E-state index in [0.29, 0.717) is 12.3 Å². The molecular weight excluding hydrogens is 408 g/mol. The summed E-state index contributed by atoms with van der Waals surface area (Å²) in [4.78, 5) is 2.50. The number of nitrogens with zero attached hydrogens (tertiary/aromatic N) is 1. The van der Waals surface area contributed by atoms with Crippen LogP contribution < -0.4 is 0 Å². The summed E-state index contributed by atoms with van der Waals surface area (Å²) in [5.74, 6) is 0.524. The SMILES string of the molecule is CCCCc1ccc2c(c1)[C@@H]1C[C@@](O)(C[18F])[C@@H](CC(C)C)CN1CC2.S.S.S. The van der Waals surface area contributed by atoms with E-state index in [0.717, 1.165) is 32.4 Å². The van der Waals surface area contributed by atoms with Crippen LogP contribution in [0.3, 0.4) is 0 Å². The van der Waals surface area contributed by atoms with Gasteiger partial charge in [0.25, 0.3) is 0 Å². The topological polar surface area (TPSA) is 23.5 Å². The van der Waals surface area contributed by atoms with Crippen LogP contribution >= 0.6 is 40.5 Å². The largest absolute Gasteiger partial charge is 0.387 e. The van der Waals surface area contributed by atoms with E-state index < -0.39 is 12.3 Å². The van der Waals surface area contributed by atoms with Crippen LogP contribution in [0.1, 0.15) is 69.2 Å². The second-order valence-electron chi connectivity index (χ2n) is 8.67. The highest BCUT2D eigenvalue weighted by molar-refractivity contribution is 7.59. The highest BCUT2D eigenvalue weighted by Gasteiger charge is 2.47. The Bertz CT molecular complexity index is 601. The van der Waals surface area contributed by atoms with E-state index in [1.807, 2.05) is 0 Å². The summed E-state index contributed by atoms with van der Waals surface area (Å²) in [7, 11) is 0. The van der Waals surface area contributed by atoms with Gasteiger partial charge in [-0.05, 0) is 54.7 Å². The van der Waals surface area contributed by atoms with Gasteiger partial charge in [0.15, 0.2) is 0 Å². The predicted octanol–water partition coefficient (Wildman–Crippen LogP) is 5.03. The Labute approximate surface area is 192 Å². The first-order valence-corrected chi connectivity index (χ1v) is 10.1. The first-order valence-electron chi connectivity index (χ1n) is 10.1. The van der Waals surface area contributed by atoms with Gasteiger partial charge in [0, 0.05) is 25.0 Å². The fraction of sp³-hybridized carbons (Fsp3) is 0.727. The summed E-state index contributed by atoms with van der Waals surface area (Å²) in [5.41, 5.74) is 2.95. The van der Waals surface area contributed by atoms with Crippen molar-refractivity contribution in [1.82, 2.24) is 4.90 Å². The highest BCUT2D eigenvalue weighted by atomic mass is 32.1. The molecule has 2 nitrogen and oxygen atoms in total. The van der Waals surface area contributed by atoms with Crippen LogP contribution in [-0.4, -0.2) is 35.4 Å². The van der Waals surface area contributed by atoms with Crippen LogP contribution in [0.2, 0.25) is 0 Å². The first kappa shape index (κ1) is 28.1. The third-order valence-corrected chi connectivity index (χ3v) is 6.25. The molecule has 1 fully saturated rings. The number of aryl methyl sites for hydroxylation is 1. The zero-order valence-corrected chi connectivity index (χ0v) is 20.6. The summed E-state index contributed by atoms with van der Waals surface area (Å²) >= 11 is 0. The van der Waals surface area contributed by atoms with E-state index in [-0.39, 0.29) is 52.4 Å². The fourth-order valence-corrected chi connectivity index (χ4v) is 4.77. The number of hydrogen-bond acceptors (Lipinski definition) is 2. The Balaban J connectivity index is 0.00000243. The first-order chi connectivity index (χ1) is 12.0. The van der Waals surface area contributed by atoms with E-state index in [1.54, 1.807) is 0 Å². The minimum atomic E-state index is -1.17. The average Bonchev–Trinajstić information content (AvgIpc) is 2.60. The standard InChI is InChI=1S/C22H34FNO.3H2S/c1-4-5-6-17-7-8-18-9-10-24-14-19(11-16(2)3)22(25,15-23)13-21(24)20(18)12-17;;;/h7-8,12,16,19,21,25H,4-6,9-11,13-15H2,1-3H3;3*1H2/t19-,21-,22+;;;/m0.../s1/i23-1;;;. The minimum absolute atomic E-state index is 0. The molecule has 6 heteroatoms. The molecule has 0 aromatic heterocycles. The monoisotopic (exact) mass is 448 g/mol. The number of piperidine rings is 1. The van der Waals surface area contributed by atoms with Crippen molar-refractivity contribution in [2.75, 3.05) is 19.8 Å². The lowest BCUT2D eigenvalue weighted by atomic mass is 9.71. The quantitative estimate of drug-likeness (QED) is 0.659. The summed E-state index contributed by atoms with van der Waals surface area (Å²) in [6, 6.07) is 7.04. The Morgan fingerprint density at radius 3 is 2.57 bits per heavy atom. The fourth-order valence-electron chi connectivity index (χ4n) is 4.77. The molecule has 0 spiro atoms. The normalized spacial score (nSPS) is 26.4. The number of fused-ring (bicyclic) bond motifs is 3. The molecule has 0 aliphatic carbocycles. The van der Waals surface area contributed by atoms with Crippen molar-refractivity contribution in [3.05, 3.63) is 34.9 Å². The maximum Gasteiger partial charge on any atom is 0.118 e. The van der Waals surface area contributed by atoms with Gasteiger partial charge >= 0.3 is 0 Å². The van der Waals surface area contributed by atoms with Crippen LogP contribution in [0.25, 0.3) is 0 Å². The maximum absolute atomic E-state index is 13.9. The molecule has 0 radical (unpaired) electrons. The van der Waals surface area contributed by atoms with Crippen molar-refractivity contribution >= 4 is 40.5 Å². The van der Waals surface area contributed by atoms with E-state index in [1.165, 1.54) is 29.5 Å². The van der Waals surface area contributed by atoms with E-state index in [4.69, 9.17) is 0 Å². The Morgan fingerprint density at radius 1 is 1.25 bits per heavy atom. The molecule has 1 aromatic carbocycles. The Morgan fingerprint density at radius 2 is 1.96 bits per heavy atom. The summed E-state index contributed by atoms with van der Waals surface area (Å²) < 4.78 is 13.9.